The first-order valence-corrected chi connectivity index (χ1v) is 19.3. The molecule has 0 aromatic rings. The van der Waals surface area contributed by atoms with Crippen molar-refractivity contribution in [3.8, 4) is 0 Å². The van der Waals surface area contributed by atoms with E-state index in [4.69, 9.17) is 40.5 Å². The predicted octanol–water partition coefficient (Wildman–Crippen LogP) is 9.17. The third-order valence-corrected chi connectivity index (χ3v) is 9.76. The van der Waals surface area contributed by atoms with Crippen LogP contribution in [0.15, 0.2) is 0 Å². The summed E-state index contributed by atoms with van der Waals surface area (Å²) in [6, 6.07) is 0. The van der Waals surface area contributed by atoms with E-state index >= 15 is 0 Å². The summed E-state index contributed by atoms with van der Waals surface area (Å²) in [6.45, 7) is 0.953. The summed E-state index contributed by atoms with van der Waals surface area (Å²) in [5.41, 5.74) is 0. The molecule has 0 atom stereocenters. The Labute approximate surface area is 484 Å². The molecule has 0 rings (SSSR count). The summed E-state index contributed by atoms with van der Waals surface area (Å²) >= 11 is 0. The van der Waals surface area contributed by atoms with Gasteiger partial charge in [-0.3, -0.25) is 0 Å². The molecule has 0 spiro atoms. The van der Waals surface area contributed by atoms with Gasteiger partial charge in [-0.1, -0.05) is 64.8 Å². The molecule has 3 radical (unpaired) electrons. The number of carboxylic acid groups (broad SMARTS) is 7. The van der Waals surface area contributed by atoms with Crippen LogP contribution in [-0.4, -0.2) is 160 Å². The second-order valence-corrected chi connectivity index (χ2v) is 14.2. The van der Waals surface area contributed by atoms with E-state index in [9.17, 15) is 28.8 Å². The topological polar surface area (TPSA) is 326 Å². The van der Waals surface area contributed by atoms with Crippen LogP contribution < -0.4 is 0 Å². The number of carbonyl (C=O) groups is 7. The molecule has 60 heavy (non-hydrogen) atoms. The molecular formula is C28H58O21Pt2S6Y3. The van der Waals surface area contributed by atoms with Crippen molar-refractivity contribution in [2.24, 2.45) is 0 Å². The molecule has 0 aliphatic carbocycles. The van der Waals surface area contributed by atoms with Crippen LogP contribution in [0.3, 0.4) is 0 Å². The summed E-state index contributed by atoms with van der Waals surface area (Å²) in [7, 11) is 9.77. The summed E-state index contributed by atoms with van der Waals surface area (Å²) in [4.78, 5) is 68.5. The van der Waals surface area contributed by atoms with Gasteiger partial charge in [-0.05, 0) is 0 Å². The molecular weight excluding hydrogens is 1520 g/mol. The van der Waals surface area contributed by atoms with Gasteiger partial charge < -0.3 is 128 Å². The first-order chi connectivity index (χ1) is 22.1. The zero-order valence-corrected chi connectivity index (χ0v) is 52.6. The van der Waals surface area contributed by atoms with E-state index < -0.39 is 43.1 Å². The predicted molar refractivity (Wildman–Crippen MR) is 225 cm³/mol. The SMILES string of the molecule is COC(=O)OCCSSCCOC(=O)O.O=C(O)O.O=C(O)OCCSSCCOC(=O)O.O=C(O)OCCSSCCOC(=O)O.[CH3-].[CH3-].[CH3-].[CH3-].[CH3-].[CH3-].[CH3-].[CH3-].[Pt+4].[Pt+4].[Y].[Y].[Y]. The summed E-state index contributed by atoms with van der Waals surface area (Å²) in [6.07, 6.45) is -8.95. The van der Waals surface area contributed by atoms with Crippen molar-refractivity contribution in [1.82, 2.24) is 0 Å². The molecule has 0 aromatic heterocycles. The molecule has 0 amide bonds. The molecule has 0 saturated heterocycles. The number of rotatable bonds is 21. The fourth-order valence-electron chi connectivity index (χ4n) is 1.39. The van der Waals surface area contributed by atoms with Crippen LogP contribution in [0.1, 0.15) is 0 Å². The molecule has 0 saturated carbocycles. The maximum Gasteiger partial charge on any atom is 4.00 e. The smallest absolute Gasteiger partial charge is 0.450 e. The van der Waals surface area contributed by atoms with E-state index in [1.54, 1.807) is 0 Å². The first kappa shape index (κ1) is 114. The fourth-order valence-corrected chi connectivity index (χ4v) is 6.35. The summed E-state index contributed by atoms with van der Waals surface area (Å²) in [5, 5.41) is 54.4. The quantitative estimate of drug-likeness (QED) is 0.0185. The maximum atomic E-state index is 10.5. The van der Waals surface area contributed by atoms with Gasteiger partial charge in [0.2, 0.25) is 0 Å². The third kappa shape index (κ3) is 153. The van der Waals surface area contributed by atoms with Crippen molar-refractivity contribution in [2.75, 3.05) is 81.3 Å². The van der Waals surface area contributed by atoms with E-state index in [0.717, 1.165) is 0 Å². The van der Waals surface area contributed by atoms with Gasteiger partial charge in [0, 0.05) is 133 Å². The van der Waals surface area contributed by atoms with Crippen molar-refractivity contribution in [3.63, 3.8) is 0 Å². The number of hydrogen-bond acceptors (Lipinski definition) is 20. The van der Waals surface area contributed by atoms with Gasteiger partial charge in [-0.25, -0.2) is 33.6 Å². The van der Waals surface area contributed by atoms with E-state index in [2.05, 4.69) is 33.2 Å². The van der Waals surface area contributed by atoms with E-state index in [1.165, 1.54) is 71.9 Å². The van der Waals surface area contributed by atoms with Crippen molar-refractivity contribution < 1.29 is 243 Å². The first-order valence-electron chi connectivity index (χ1n) is 11.8. The van der Waals surface area contributed by atoms with Crippen molar-refractivity contribution in [1.29, 1.82) is 0 Å². The van der Waals surface area contributed by atoms with Crippen LogP contribution >= 0.6 is 64.8 Å². The van der Waals surface area contributed by atoms with Gasteiger partial charge >= 0.3 is 85.2 Å². The van der Waals surface area contributed by atoms with Crippen LogP contribution in [0.5, 0.6) is 0 Å². The number of hydrogen-bond donors (Lipinski definition) is 7. The molecule has 0 aromatic carbocycles. The van der Waals surface area contributed by atoms with Crippen LogP contribution in [0, 0.1) is 59.4 Å². The minimum atomic E-state index is -1.83. The number of methoxy groups -OCH3 is 1. The third-order valence-electron chi connectivity index (χ3n) is 2.76. The van der Waals surface area contributed by atoms with Crippen LogP contribution in [0.2, 0.25) is 0 Å². The Kier molecular flexibility index (Phi) is 180. The molecule has 0 bridgehead atoms. The molecule has 0 aliphatic rings. The van der Waals surface area contributed by atoms with Crippen molar-refractivity contribution in [2.45, 2.75) is 0 Å². The van der Waals surface area contributed by atoms with E-state index in [-0.39, 0.29) is 239 Å². The van der Waals surface area contributed by atoms with Crippen LogP contribution in [-0.2, 0) is 173 Å². The fraction of sp³-hybridized carbons (Fsp3) is 0.464. The molecule has 7 N–H and O–H groups in total. The van der Waals surface area contributed by atoms with Gasteiger partial charge in [-0.2, -0.15) is 0 Å². The molecule has 0 fully saturated rings. The minimum Gasteiger partial charge on any atom is -0.450 e. The largest absolute Gasteiger partial charge is 4.00 e. The monoisotopic (exact) mass is 1580 g/mol. The Morgan fingerprint density at radius 1 is 0.350 bits per heavy atom. The summed E-state index contributed by atoms with van der Waals surface area (Å²) in [5.74, 6) is 3.31. The van der Waals surface area contributed by atoms with Crippen molar-refractivity contribution in [3.05, 3.63) is 59.4 Å². The van der Waals surface area contributed by atoms with Gasteiger partial charge in [0.1, 0.15) is 39.6 Å². The molecule has 0 unspecified atom stereocenters. The van der Waals surface area contributed by atoms with Gasteiger partial charge in [0.15, 0.2) is 0 Å². The average Bonchev–Trinajstić information content (AvgIpc) is 2.96. The summed E-state index contributed by atoms with van der Waals surface area (Å²) < 4.78 is 30.1. The van der Waals surface area contributed by atoms with Crippen LogP contribution in [0.25, 0.3) is 0 Å². The number of ether oxygens (including phenoxy) is 7. The standard InChI is InChI=1S/C7H12O6S2.2C6H10O6S2.CH2O3.8CH3.2Pt.3Y/c1-11-7(10)13-3-5-15-14-4-2-12-6(8)9;2*7-5(8)11-1-3-13-14-4-2-12-6(9)10;2-1(3)4;;;;;;;;;;;;;/h2-5H2,1H3,(H,8,9);2*1-4H2,(H,7,8)(H,9,10);(H2,2,3,4);8*1H3;;;;;/q;;;;8*-1;2*+4;;;. The number of carbonyl (C=O) groups excluding carboxylic acids is 1. The molecule has 32 heteroatoms. The average molecular weight is 1580 g/mol. The van der Waals surface area contributed by atoms with E-state index in [0.29, 0.717) is 34.5 Å². The minimum absolute atomic E-state index is 0. The molecule has 0 heterocycles. The Bertz CT molecular complexity index is 806. The Morgan fingerprint density at radius 3 is 0.600 bits per heavy atom. The normalized spacial score (nSPS) is 7.15. The Balaban J connectivity index is -0.0000000267. The zero-order valence-electron chi connectivity index (χ0n) is 34.6. The molecule has 0 aliphatic heterocycles. The molecule has 21 nitrogen and oxygen atoms in total. The zero-order chi connectivity index (χ0) is 36.7. The second kappa shape index (κ2) is 95.1. The second-order valence-electron chi connectivity index (χ2n) is 6.09. The van der Waals surface area contributed by atoms with Crippen molar-refractivity contribution >= 4 is 108 Å². The Hall–Kier alpha value is 1.68. The van der Waals surface area contributed by atoms with Crippen LogP contribution in [0.4, 0.5) is 33.6 Å². The maximum absolute atomic E-state index is 10.5. The van der Waals surface area contributed by atoms with Gasteiger partial charge in [0.25, 0.3) is 0 Å². The van der Waals surface area contributed by atoms with E-state index in [1.807, 2.05) is 0 Å². The van der Waals surface area contributed by atoms with Gasteiger partial charge in [0.05, 0.1) is 7.11 Å². The molecule has 361 valence electrons. The van der Waals surface area contributed by atoms with Gasteiger partial charge in [-0.15, -0.1) is 0 Å². The Morgan fingerprint density at radius 2 is 0.483 bits per heavy atom.